The fraction of sp³-hybridized carbons (Fsp3) is 1.00. The van der Waals surface area contributed by atoms with Crippen molar-refractivity contribution in [1.29, 1.82) is 0 Å². The molecular weight excluding hydrogens is 250 g/mol. The van der Waals surface area contributed by atoms with E-state index in [9.17, 15) is 0 Å². The lowest BCUT2D eigenvalue weighted by molar-refractivity contribution is 0.120. The summed E-state index contributed by atoms with van der Waals surface area (Å²) in [6, 6.07) is 0.513. The molecule has 0 aromatic carbocycles. The Bertz CT molecular complexity index is 223. The number of piperidine rings is 1. The van der Waals surface area contributed by atoms with Gasteiger partial charge in [0.1, 0.15) is 0 Å². The molecule has 0 amide bonds. The van der Waals surface area contributed by atoms with Crippen LogP contribution in [0.1, 0.15) is 73.1 Å². The molecule has 3 N–H and O–H groups in total. The average Bonchev–Trinajstić information content (AvgIpc) is 2.38. The summed E-state index contributed by atoms with van der Waals surface area (Å²) in [5.41, 5.74) is 0.495. The van der Waals surface area contributed by atoms with Crippen LogP contribution < -0.4 is 5.32 Å². The number of hydrogen-bond donors (Lipinski definition) is 3. The van der Waals surface area contributed by atoms with Gasteiger partial charge >= 0.3 is 0 Å². The topological polar surface area (TPSA) is 52.5 Å². The molecule has 1 heterocycles. The molecule has 0 saturated carbocycles. The minimum atomic E-state index is -0.0498. The zero-order valence-electron chi connectivity index (χ0n) is 14.3. The van der Waals surface area contributed by atoms with E-state index in [4.69, 9.17) is 10.2 Å². The molecule has 1 saturated heterocycles. The Morgan fingerprint density at radius 3 is 2.40 bits per heavy atom. The van der Waals surface area contributed by atoms with E-state index in [0.717, 1.165) is 19.4 Å². The van der Waals surface area contributed by atoms with Crippen molar-refractivity contribution in [2.75, 3.05) is 13.2 Å². The van der Waals surface area contributed by atoms with E-state index in [1.54, 1.807) is 0 Å². The second-order valence-corrected chi connectivity index (χ2v) is 7.23. The van der Waals surface area contributed by atoms with E-state index in [2.05, 4.69) is 39.9 Å². The van der Waals surface area contributed by atoms with Crippen LogP contribution in [0.5, 0.6) is 0 Å². The molecule has 0 aromatic rings. The SMILES string of the molecule is CC1CC(O)CCN1.CCC(C)(C)CCCC(C)CO. The molecule has 20 heavy (non-hydrogen) atoms. The lowest BCUT2D eigenvalue weighted by Crippen LogP contribution is -2.37. The van der Waals surface area contributed by atoms with Crippen molar-refractivity contribution in [2.24, 2.45) is 11.3 Å². The maximum Gasteiger partial charge on any atom is 0.0567 e. The van der Waals surface area contributed by atoms with Crippen molar-refractivity contribution < 1.29 is 10.2 Å². The number of hydrogen-bond acceptors (Lipinski definition) is 3. The van der Waals surface area contributed by atoms with Gasteiger partial charge in [-0.05, 0) is 50.5 Å². The number of nitrogens with one attached hydrogen (secondary N) is 1. The first-order chi connectivity index (χ1) is 9.30. The van der Waals surface area contributed by atoms with E-state index < -0.39 is 0 Å². The average molecular weight is 287 g/mol. The molecule has 1 fully saturated rings. The molecule has 3 nitrogen and oxygen atoms in total. The Kier molecular flexibility index (Phi) is 10.5. The first-order valence-corrected chi connectivity index (χ1v) is 8.33. The van der Waals surface area contributed by atoms with Gasteiger partial charge in [-0.15, -0.1) is 0 Å². The van der Waals surface area contributed by atoms with Crippen molar-refractivity contribution >= 4 is 0 Å². The molecule has 0 spiro atoms. The van der Waals surface area contributed by atoms with Crippen LogP contribution in [-0.2, 0) is 0 Å². The minimum absolute atomic E-state index is 0.0498. The van der Waals surface area contributed by atoms with Gasteiger partial charge in [0.05, 0.1) is 6.10 Å². The van der Waals surface area contributed by atoms with E-state index in [1.165, 1.54) is 25.7 Å². The predicted octanol–water partition coefficient (Wildman–Crippen LogP) is 3.34. The Balaban J connectivity index is 0.000000388. The molecule has 0 bridgehead atoms. The van der Waals surface area contributed by atoms with Gasteiger partial charge in [0, 0.05) is 12.6 Å². The van der Waals surface area contributed by atoms with Gasteiger partial charge in [-0.3, -0.25) is 0 Å². The van der Waals surface area contributed by atoms with Gasteiger partial charge in [0.2, 0.25) is 0 Å². The van der Waals surface area contributed by atoms with E-state index >= 15 is 0 Å². The van der Waals surface area contributed by atoms with Crippen LogP contribution in [0, 0.1) is 11.3 Å². The first-order valence-electron chi connectivity index (χ1n) is 8.33. The summed E-state index contributed by atoms with van der Waals surface area (Å²) in [5, 5.41) is 21.1. The summed E-state index contributed by atoms with van der Waals surface area (Å²) in [4.78, 5) is 0. The predicted molar refractivity (Wildman–Crippen MR) is 86.9 cm³/mol. The highest BCUT2D eigenvalue weighted by Crippen LogP contribution is 2.27. The van der Waals surface area contributed by atoms with Crippen molar-refractivity contribution in [3.8, 4) is 0 Å². The summed E-state index contributed by atoms with van der Waals surface area (Å²) in [6.45, 7) is 12.4. The molecule has 1 rings (SSSR count). The zero-order chi connectivity index (χ0) is 15.6. The quantitative estimate of drug-likeness (QED) is 0.702. The summed E-state index contributed by atoms with van der Waals surface area (Å²) in [5.74, 6) is 0.484. The van der Waals surface area contributed by atoms with Gasteiger partial charge in [-0.25, -0.2) is 0 Å². The first kappa shape index (κ1) is 19.9. The summed E-state index contributed by atoms with van der Waals surface area (Å²) < 4.78 is 0. The highest BCUT2D eigenvalue weighted by molar-refractivity contribution is 4.73. The van der Waals surface area contributed by atoms with Crippen LogP contribution in [0.25, 0.3) is 0 Å². The summed E-state index contributed by atoms with van der Waals surface area (Å²) in [6.07, 6.45) is 6.74. The smallest absolute Gasteiger partial charge is 0.0567 e. The van der Waals surface area contributed by atoms with Crippen LogP contribution in [0.4, 0.5) is 0 Å². The van der Waals surface area contributed by atoms with Crippen LogP contribution >= 0.6 is 0 Å². The molecule has 0 aromatic heterocycles. The summed E-state index contributed by atoms with van der Waals surface area (Å²) >= 11 is 0. The second kappa shape index (κ2) is 10.6. The van der Waals surface area contributed by atoms with Crippen LogP contribution in [0.15, 0.2) is 0 Å². The molecule has 0 aliphatic carbocycles. The number of rotatable bonds is 6. The fourth-order valence-electron chi connectivity index (χ4n) is 2.30. The second-order valence-electron chi connectivity index (χ2n) is 7.23. The van der Waals surface area contributed by atoms with E-state index in [-0.39, 0.29) is 6.10 Å². The van der Waals surface area contributed by atoms with Crippen LogP contribution in [0.3, 0.4) is 0 Å². The zero-order valence-corrected chi connectivity index (χ0v) is 14.3. The standard InChI is InChI=1S/C11H24O.C6H13NO/c1-5-11(3,4)8-6-7-10(2)9-12;1-5-4-6(8)2-3-7-5/h10,12H,5-9H2,1-4H3;5-8H,2-4H2,1H3. The van der Waals surface area contributed by atoms with Crippen molar-refractivity contribution in [3.63, 3.8) is 0 Å². The van der Waals surface area contributed by atoms with Gasteiger partial charge in [-0.1, -0.05) is 40.5 Å². The van der Waals surface area contributed by atoms with Gasteiger partial charge in [-0.2, -0.15) is 0 Å². The van der Waals surface area contributed by atoms with Crippen LogP contribution in [0.2, 0.25) is 0 Å². The monoisotopic (exact) mass is 287 g/mol. The fourth-order valence-corrected chi connectivity index (χ4v) is 2.30. The molecule has 3 unspecified atom stereocenters. The third-order valence-corrected chi connectivity index (χ3v) is 4.42. The Morgan fingerprint density at radius 2 is 2.00 bits per heavy atom. The normalized spacial score (nSPS) is 24.8. The van der Waals surface area contributed by atoms with Crippen molar-refractivity contribution in [1.82, 2.24) is 5.32 Å². The minimum Gasteiger partial charge on any atom is -0.396 e. The van der Waals surface area contributed by atoms with Crippen molar-refractivity contribution in [2.45, 2.75) is 85.3 Å². The third-order valence-electron chi connectivity index (χ3n) is 4.42. The highest BCUT2D eigenvalue weighted by atomic mass is 16.3. The van der Waals surface area contributed by atoms with Gasteiger partial charge in [0.15, 0.2) is 0 Å². The Labute approximate surface area is 126 Å². The molecule has 1 aliphatic rings. The highest BCUT2D eigenvalue weighted by Gasteiger charge is 2.15. The lowest BCUT2D eigenvalue weighted by atomic mass is 9.84. The largest absolute Gasteiger partial charge is 0.396 e. The molecule has 1 aliphatic heterocycles. The summed E-state index contributed by atoms with van der Waals surface area (Å²) in [7, 11) is 0. The maximum absolute atomic E-state index is 9.04. The number of aliphatic hydroxyl groups excluding tert-OH is 2. The third kappa shape index (κ3) is 10.6. The molecular formula is C17H37NO2. The number of aliphatic hydroxyl groups is 2. The van der Waals surface area contributed by atoms with E-state index in [0.29, 0.717) is 24.0 Å². The lowest BCUT2D eigenvalue weighted by Gasteiger charge is -2.23. The molecule has 0 radical (unpaired) electrons. The molecule has 122 valence electrons. The van der Waals surface area contributed by atoms with Gasteiger partial charge in [0.25, 0.3) is 0 Å². The Hall–Kier alpha value is -0.120. The van der Waals surface area contributed by atoms with Gasteiger partial charge < -0.3 is 15.5 Å². The molecule has 3 atom stereocenters. The molecule has 3 heteroatoms. The van der Waals surface area contributed by atoms with Crippen LogP contribution in [-0.4, -0.2) is 35.5 Å². The Morgan fingerprint density at radius 1 is 1.35 bits per heavy atom. The van der Waals surface area contributed by atoms with Crippen molar-refractivity contribution in [3.05, 3.63) is 0 Å². The van der Waals surface area contributed by atoms with E-state index in [1.807, 2.05) is 0 Å². The maximum atomic E-state index is 9.04.